The Morgan fingerprint density at radius 2 is 1.68 bits per heavy atom. The van der Waals surface area contributed by atoms with Gasteiger partial charge in [-0.2, -0.15) is 0 Å². The van der Waals surface area contributed by atoms with Crippen LogP contribution in [0.3, 0.4) is 0 Å². The smallest absolute Gasteiger partial charge is 0.257 e. The highest BCUT2D eigenvalue weighted by Gasteiger charge is 2.08. The van der Waals surface area contributed by atoms with Gasteiger partial charge < -0.3 is 20.1 Å². The Kier molecular flexibility index (Phi) is 6.83. The van der Waals surface area contributed by atoms with Gasteiger partial charge in [0, 0.05) is 13.5 Å². The zero-order chi connectivity index (χ0) is 18.1. The van der Waals surface area contributed by atoms with E-state index in [1.165, 1.54) is 6.92 Å². The van der Waals surface area contributed by atoms with E-state index in [4.69, 9.17) is 9.47 Å². The number of amides is 2. The van der Waals surface area contributed by atoms with Crippen molar-refractivity contribution in [2.24, 2.45) is 0 Å². The van der Waals surface area contributed by atoms with Crippen LogP contribution in [0.5, 0.6) is 11.5 Å². The minimum atomic E-state index is -0.229. The molecule has 2 aromatic carbocycles. The Labute approximate surface area is 147 Å². The fraction of sp³-hybridized carbons (Fsp3) is 0.263. The van der Waals surface area contributed by atoms with Gasteiger partial charge in [-0.1, -0.05) is 30.3 Å². The summed E-state index contributed by atoms with van der Waals surface area (Å²) in [7, 11) is 1.62. The summed E-state index contributed by atoms with van der Waals surface area (Å²) in [4.78, 5) is 23.1. The topological polar surface area (TPSA) is 76.7 Å². The van der Waals surface area contributed by atoms with Crippen molar-refractivity contribution in [3.05, 3.63) is 54.1 Å². The zero-order valence-electron chi connectivity index (χ0n) is 14.4. The molecule has 0 spiro atoms. The van der Waals surface area contributed by atoms with Crippen molar-refractivity contribution in [2.45, 2.75) is 13.3 Å². The lowest BCUT2D eigenvalue weighted by molar-refractivity contribution is -0.123. The number of carbonyl (C=O) groups is 2. The summed E-state index contributed by atoms with van der Waals surface area (Å²) in [5.74, 6) is 0.833. The third-order valence-electron chi connectivity index (χ3n) is 3.47. The van der Waals surface area contributed by atoms with Crippen LogP contribution >= 0.6 is 0 Å². The molecule has 0 saturated carbocycles. The Hall–Kier alpha value is -3.02. The molecular formula is C19H22N2O4. The van der Waals surface area contributed by atoms with E-state index in [0.717, 1.165) is 11.3 Å². The van der Waals surface area contributed by atoms with Crippen molar-refractivity contribution in [1.82, 2.24) is 5.32 Å². The molecule has 132 valence electrons. The molecule has 2 rings (SSSR count). The summed E-state index contributed by atoms with van der Waals surface area (Å²) in [5.41, 5.74) is 1.57. The van der Waals surface area contributed by atoms with Crippen LogP contribution in [0.15, 0.2) is 48.5 Å². The quantitative estimate of drug-likeness (QED) is 0.772. The number of anilines is 1. The molecule has 25 heavy (non-hydrogen) atoms. The highest BCUT2D eigenvalue weighted by atomic mass is 16.5. The Morgan fingerprint density at radius 3 is 2.40 bits per heavy atom. The van der Waals surface area contributed by atoms with Gasteiger partial charge in [-0.3, -0.25) is 9.59 Å². The van der Waals surface area contributed by atoms with E-state index in [1.807, 2.05) is 24.3 Å². The Balaban J connectivity index is 1.80. The third kappa shape index (κ3) is 5.84. The molecule has 0 atom stereocenters. The molecule has 2 aromatic rings. The van der Waals surface area contributed by atoms with E-state index in [0.29, 0.717) is 24.4 Å². The van der Waals surface area contributed by atoms with Gasteiger partial charge in [0.25, 0.3) is 5.91 Å². The number of ether oxygens (including phenoxy) is 2. The van der Waals surface area contributed by atoms with Gasteiger partial charge in [-0.15, -0.1) is 0 Å². The molecule has 0 aliphatic carbocycles. The van der Waals surface area contributed by atoms with Crippen LogP contribution in [0.2, 0.25) is 0 Å². The number of carbonyl (C=O) groups excluding carboxylic acids is 2. The van der Waals surface area contributed by atoms with E-state index in [-0.39, 0.29) is 18.4 Å². The van der Waals surface area contributed by atoms with Crippen molar-refractivity contribution in [3.8, 4) is 11.5 Å². The normalized spacial score (nSPS) is 10.0. The van der Waals surface area contributed by atoms with Gasteiger partial charge in [0.15, 0.2) is 6.61 Å². The van der Waals surface area contributed by atoms with Crippen LogP contribution in [-0.2, 0) is 16.0 Å². The number of para-hydroxylation sites is 3. The number of hydrogen-bond acceptors (Lipinski definition) is 4. The molecule has 0 saturated heterocycles. The largest absolute Gasteiger partial charge is 0.496 e. The molecule has 0 aromatic heterocycles. The van der Waals surface area contributed by atoms with Gasteiger partial charge in [-0.05, 0) is 30.2 Å². The predicted molar refractivity (Wildman–Crippen MR) is 95.9 cm³/mol. The second-order valence-electron chi connectivity index (χ2n) is 5.38. The van der Waals surface area contributed by atoms with Crippen LogP contribution in [0.1, 0.15) is 12.5 Å². The number of methoxy groups -OCH3 is 1. The molecule has 2 amide bonds. The highest BCUT2D eigenvalue weighted by Crippen LogP contribution is 2.23. The van der Waals surface area contributed by atoms with Gasteiger partial charge in [-0.25, -0.2) is 0 Å². The molecule has 2 N–H and O–H groups in total. The van der Waals surface area contributed by atoms with Crippen molar-refractivity contribution in [2.75, 3.05) is 25.6 Å². The Bertz CT molecular complexity index is 731. The van der Waals surface area contributed by atoms with Crippen LogP contribution < -0.4 is 20.1 Å². The number of rotatable bonds is 8. The minimum absolute atomic E-state index is 0.122. The first-order chi connectivity index (χ1) is 12.1. The summed E-state index contributed by atoms with van der Waals surface area (Å²) in [6, 6.07) is 14.7. The van der Waals surface area contributed by atoms with E-state index in [1.54, 1.807) is 31.4 Å². The number of benzene rings is 2. The fourth-order valence-corrected chi connectivity index (χ4v) is 2.33. The Morgan fingerprint density at radius 1 is 1.00 bits per heavy atom. The molecule has 6 heteroatoms. The molecular weight excluding hydrogens is 320 g/mol. The lowest BCUT2D eigenvalue weighted by atomic mass is 10.1. The first kappa shape index (κ1) is 18.3. The van der Waals surface area contributed by atoms with Gasteiger partial charge >= 0.3 is 0 Å². The predicted octanol–water partition coefficient (Wildman–Crippen LogP) is 2.39. The summed E-state index contributed by atoms with van der Waals surface area (Å²) >= 11 is 0. The average molecular weight is 342 g/mol. The third-order valence-corrected chi connectivity index (χ3v) is 3.47. The molecule has 0 heterocycles. The maximum atomic E-state index is 11.9. The maximum absolute atomic E-state index is 11.9. The molecule has 0 fully saturated rings. The standard InChI is InChI=1S/C19H22N2O4/c1-14(22)21-16-8-4-6-10-18(16)25-13-19(23)20-12-11-15-7-3-5-9-17(15)24-2/h3-10H,11-13H2,1-2H3,(H,20,23)(H,21,22). The molecule has 0 radical (unpaired) electrons. The molecule has 6 nitrogen and oxygen atoms in total. The van der Waals surface area contributed by atoms with Crippen molar-refractivity contribution >= 4 is 17.5 Å². The van der Waals surface area contributed by atoms with Crippen LogP contribution in [-0.4, -0.2) is 32.1 Å². The molecule has 0 aliphatic rings. The maximum Gasteiger partial charge on any atom is 0.257 e. The summed E-state index contributed by atoms with van der Waals surface area (Å²) in [6.45, 7) is 1.78. The van der Waals surface area contributed by atoms with E-state index < -0.39 is 0 Å². The van der Waals surface area contributed by atoms with Crippen LogP contribution in [0.25, 0.3) is 0 Å². The van der Waals surface area contributed by atoms with Gasteiger partial charge in [0.1, 0.15) is 11.5 Å². The fourth-order valence-electron chi connectivity index (χ4n) is 2.33. The first-order valence-electron chi connectivity index (χ1n) is 7.98. The van der Waals surface area contributed by atoms with Crippen molar-refractivity contribution < 1.29 is 19.1 Å². The molecule has 0 bridgehead atoms. The summed E-state index contributed by atoms with van der Waals surface area (Å²) in [5, 5.41) is 5.47. The van der Waals surface area contributed by atoms with E-state index in [9.17, 15) is 9.59 Å². The second-order valence-corrected chi connectivity index (χ2v) is 5.38. The van der Waals surface area contributed by atoms with Crippen molar-refractivity contribution in [1.29, 1.82) is 0 Å². The SMILES string of the molecule is COc1ccccc1CCNC(=O)COc1ccccc1NC(C)=O. The number of hydrogen-bond donors (Lipinski definition) is 2. The van der Waals surface area contributed by atoms with Crippen molar-refractivity contribution in [3.63, 3.8) is 0 Å². The lowest BCUT2D eigenvalue weighted by Crippen LogP contribution is -2.30. The molecule has 0 aliphatic heterocycles. The van der Waals surface area contributed by atoms with Gasteiger partial charge in [0.2, 0.25) is 5.91 Å². The zero-order valence-corrected chi connectivity index (χ0v) is 14.4. The van der Waals surface area contributed by atoms with E-state index >= 15 is 0 Å². The first-order valence-corrected chi connectivity index (χ1v) is 7.98. The van der Waals surface area contributed by atoms with E-state index in [2.05, 4.69) is 10.6 Å². The molecule has 0 unspecified atom stereocenters. The second kappa shape index (κ2) is 9.32. The minimum Gasteiger partial charge on any atom is -0.496 e. The number of nitrogens with one attached hydrogen (secondary N) is 2. The summed E-state index contributed by atoms with van der Waals surface area (Å²) < 4.78 is 10.8. The summed E-state index contributed by atoms with van der Waals surface area (Å²) in [6.07, 6.45) is 0.665. The van der Waals surface area contributed by atoms with Gasteiger partial charge in [0.05, 0.1) is 12.8 Å². The average Bonchev–Trinajstić information content (AvgIpc) is 2.61. The highest BCUT2D eigenvalue weighted by molar-refractivity contribution is 5.90. The van der Waals surface area contributed by atoms with Crippen LogP contribution in [0, 0.1) is 0 Å². The lowest BCUT2D eigenvalue weighted by Gasteiger charge is -2.12. The van der Waals surface area contributed by atoms with Crippen LogP contribution in [0.4, 0.5) is 5.69 Å². The monoisotopic (exact) mass is 342 g/mol.